The highest BCUT2D eigenvalue weighted by Gasteiger charge is 2.38. The Morgan fingerprint density at radius 1 is 1.25 bits per heavy atom. The Morgan fingerprint density at radius 3 is 2.47 bits per heavy atom. The third-order valence-electron chi connectivity index (χ3n) is 5.41. The molecule has 0 fully saturated rings. The number of benzene rings is 1. The number of ether oxygens (including phenoxy) is 1. The van der Waals surface area contributed by atoms with Crippen LogP contribution in [0.3, 0.4) is 0 Å². The van der Waals surface area contributed by atoms with Crippen molar-refractivity contribution in [2.45, 2.75) is 58.0 Å². The van der Waals surface area contributed by atoms with Gasteiger partial charge in [0.15, 0.2) is 0 Å². The van der Waals surface area contributed by atoms with Crippen LogP contribution in [0.5, 0.6) is 0 Å². The van der Waals surface area contributed by atoms with Crippen LogP contribution in [-0.4, -0.2) is 39.3 Å². The number of rotatable bonds is 6. The number of amides is 2. The van der Waals surface area contributed by atoms with Crippen LogP contribution < -0.4 is 11.5 Å². The number of carbonyl (C=O) groups is 3. The van der Waals surface area contributed by atoms with E-state index in [4.69, 9.17) is 16.2 Å². The number of fused-ring (bicyclic) bond motifs is 1. The number of alkyl halides is 3. The van der Waals surface area contributed by atoms with Crippen LogP contribution in [0.2, 0.25) is 0 Å². The number of halogens is 3. The molecule has 2 heterocycles. The zero-order valence-electron chi connectivity index (χ0n) is 19.8. The lowest BCUT2D eigenvalue weighted by Gasteiger charge is -2.25. The summed E-state index contributed by atoms with van der Waals surface area (Å²) < 4.78 is 45.6. The zero-order valence-corrected chi connectivity index (χ0v) is 19.8. The fraction of sp³-hybridized carbons (Fsp3) is 0.375. The van der Waals surface area contributed by atoms with E-state index in [0.717, 1.165) is 0 Å². The maximum Gasteiger partial charge on any atom is 0.417 e. The maximum atomic E-state index is 13.5. The van der Waals surface area contributed by atoms with Gasteiger partial charge in [0, 0.05) is 24.1 Å². The molecule has 2 amide bonds. The third kappa shape index (κ3) is 5.56. The lowest BCUT2D eigenvalue weighted by Crippen LogP contribution is -2.45. The van der Waals surface area contributed by atoms with Gasteiger partial charge >= 0.3 is 12.1 Å². The van der Waals surface area contributed by atoms with Crippen molar-refractivity contribution in [1.29, 1.82) is 5.26 Å². The number of anilines is 1. The molecule has 1 aromatic carbocycles. The SMILES string of the molecule is CC(C)(C)OC(=O)CCC(C(N)=O)N1Cc2cc(-c3nc(N)cc(C(F)(F)F)c3C#N)ccc2C1=O. The summed E-state index contributed by atoms with van der Waals surface area (Å²) in [6, 6.07) is 5.15. The molecular formula is C24H24F3N5O4. The van der Waals surface area contributed by atoms with Crippen LogP contribution in [0.1, 0.15) is 60.7 Å². The summed E-state index contributed by atoms with van der Waals surface area (Å²) in [4.78, 5) is 42.3. The summed E-state index contributed by atoms with van der Waals surface area (Å²) in [6.45, 7) is 5.00. The van der Waals surface area contributed by atoms with Crippen LogP contribution in [0.15, 0.2) is 24.3 Å². The van der Waals surface area contributed by atoms with Gasteiger partial charge in [-0.3, -0.25) is 14.4 Å². The van der Waals surface area contributed by atoms with E-state index >= 15 is 0 Å². The van der Waals surface area contributed by atoms with Crippen LogP contribution in [0, 0.1) is 11.3 Å². The lowest BCUT2D eigenvalue weighted by atomic mass is 9.98. The van der Waals surface area contributed by atoms with Crippen LogP contribution in [0.25, 0.3) is 11.3 Å². The number of esters is 1. The van der Waals surface area contributed by atoms with Gasteiger partial charge in [-0.15, -0.1) is 0 Å². The van der Waals surface area contributed by atoms with Gasteiger partial charge in [-0.25, -0.2) is 4.98 Å². The summed E-state index contributed by atoms with van der Waals surface area (Å²) in [6.07, 6.45) is -5.06. The number of nitrogens with two attached hydrogens (primary N) is 2. The molecule has 1 atom stereocenters. The second-order valence-electron chi connectivity index (χ2n) is 9.28. The van der Waals surface area contributed by atoms with Gasteiger partial charge in [0.1, 0.15) is 23.5 Å². The van der Waals surface area contributed by atoms with E-state index in [2.05, 4.69) is 4.98 Å². The number of hydrogen-bond acceptors (Lipinski definition) is 7. The molecule has 0 saturated carbocycles. The highest BCUT2D eigenvalue weighted by molar-refractivity contribution is 6.01. The van der Waals surface area contributed by atoms with Crippen molar-refractivity contribution in [1.82, 2.24) is 9.88 Å². The predicted molar refractivity (Wildman–Crippen MR) is 122 cm³/mol. The Kier molecular flexibility index (Phi) is 6.97. The average Bonchev–Trinajstić information content (AvgIpc) is 3.06. The molecule has 0 saturated heterocycles. The second kappa shape index (κ2) is 9.49. The monoisotopic (exact) mass is 503 g/mol. The van der Waals surface area contributed by atoms with E-state index in [1.54, 1.807) is 20.8 Å². The molecule has 9 nitrogen and oxygen atoms in total. The number of hydrogen-bond donors (Lipinski definition) is 2. The van der Waals surface area contributed by atoms with Crippen molar-refractivity contribution >= 4 is 23.6 Å². The quantitative estimate of drug-likeness (QED) is 0.574. The van der Waals surface area contributed by atoms with E-state index in [-0.39, 0.29) is 36.2 Å². The maximum absolute atomic E-state index is 13.5. The minimum Gasteiger partial charge on any atom is -0.460 e. The van der Waals surface area contributed by atoms with Crippen LogP contribution in [0.4, 0.5) is 19.0 Å². The van der Waals surface area contributed by atoms with Crippen LogP contribution >= 0.6 is 0 Å². The van der Waals surface area contributed by atoms with Crippen molar-refractivity contribution < 1.29 is 32.3 Å². The summed E-state index contributed by atoms with van der Waals surface area (Å²) in [5.74, 6) is -2.33. The topological polar surface area (TPSA) is 152 Å². The van der Waals surface area contributed by atoms with Gasteiger partial charge in [0.2, 0.25) is 5.91 Å². The van der Waals surface area contributed by atoms with Gasteiger partial charge in [-0.05, 0) is 51.0 Å². The summed E-state index contributed by atoms with van der Waals surface area (Å²) in [7, 11) is 0. The summed E-state index contributed by atoms with van der Waals surface area (Å²) >= 11 is 0. The molecule has 1 aliphatic heterocycles. The van der Waals surface area contributed by atoms with Crippen molar-refractivity contribution in [3.63, 3.8) is 0 Å². The van der Waals surface area contributed by atoms with Gasteiger partial charge in [-0.2, -0.15) is 18.4 Å². The number of aromatic nitrogens is 1. The minimum atomic E-state index is -4.83. The highest BCUT2D eigenvalue weighted by Crippen LogP contribution is 2.38. The molecule has 1 aromatic heterocycles. The molecule has 12 heteroatoms. The lowest BCUT2D eigenvalue weighted by molar-refractivity contribution is -0.155. The normalized spacial score (nSPS) is 14.2. The van der Waals surface area contributed by atoms with E-state index in [1.807, 2.05) is 0 Å². The Labute approximate surface area is 204 Å². The standard InChI is InChI=1S/C24H24F3N5O4/c1-23(2,3)36-19(33)7-6-17(21(30)34)32-11-13-8-12(4-5-14(13)22(32)35)20-15(10-28)16(24(25,26)27)9-18(29)31-20/h4-5,8-9,17H,6-7,11H2,1-3H3,(H2,29,31)(H2,30,34). The Bertz CT molecular complexity index is 1280. The Balaban J connectivity index is 1.92. The van der Waals surface area contributed by atoms with Gasteiger partial charge in [-0.1, -0.05) is 6.07 Å². The third-order valence-corrected chi connectivity index (χ3v) is 5.41. The minimum absolute atomic E-state index is 0.0683. The molecule has 190 valence electrons. The first-order chi connectivity index (χ1) is 16.6. The molecule has 2 aromatic rings. The second-order valence-corrected chi connectivity index (χ2v) is 9.28. The fourth-order valence-corrected chi connectivity index (χ4v) is 3.95. The number of nitrogen functional groups attached to an aromatic ring is 1. The molecule has 36 heavy (non-hydrogen) atoms. The molecule has 4 N–H and O–H groups in total. The fourth-order valence-electron chi connectivity index (χ4n) is 3.95. The predicted octanol–water partition coefficient (Wildman–Crippen LogP) is 3.15. The molecule has 0 spiro atoms. The van der Waals surface area contributed by atoms with Gasteiger partial charge in [0.25, 0.3) is 5.91 Å². The Hall–Kier alpha value is -4.14. The first kappa shape index (κ1) is 26.5. The number of nitrogens with zero attached hydrogens (tertiary/aromatic N) is 3. The number of pyridine rings is 1. The number of primary amides is 1. The molecule has 3 rings (SSSR count). The van der Waals surface area contributed by atoms with E-state index in [1.165, 1.54) is 29.2 Å². The number of carbonyl (C=O) groups excluding carboxylic acids is 3. The van der Waals surface area contributed by atoms with Crippen molar-refractivity contribution in [3.8, 4) is 17.3 Å². The molecule has 0 aliphatic carbocycles. The van der Waals surface area contributed by atoms with Crippen molar-refractivity contribution in [2.75, 3.05) is 5.73 Å². The average molecular weight is 503 g/mol. The zero-order chi connectivity index (χ0) is 27.0. The van der Waals surface area contributed by atoms with Crippen LogP contribution in [-0.2, 0) is 27.0 Å². The molecule has 0 bridgehead atoms. The van der Waals surface area contributed by atoms with Gasteiger partial charge in [0.05, 0.1) is 16.8 Å². The molecule has 0 radical (unpaired) electrons. The first-order valence-corrected chi connectivity index (χ1v) is 10.9. The van der Waals surface area contributed by atoms with Crippen molar-refractivity contribution in [2.24, 2.45) is 5.73 Å². The summed E-state index contributed by atoms with van der Waals surface area (Å²) in [5, 5.41) is 9.42. The van der Waals surface area contributed by atoms with E-state index < -0.39 is 52.5 Å². The largest absolute Gasteiger partial charge is 0.460 e. The Morgan fingerprint density at radius 2 is 1.92 bits per heavy atom. The molecule has 1 unspecified atom stereocenters. The van der Waals surface area contributed by atoms with Gasteiger partial charge < -0.3 is 21.1 Å². The smallest absolute Gasteiger partial charge is 0.417 e. The first-order valence-electron chi connectivity index (χ1n) is 10.9. The summed E-state index contributed by atoms with van der Waals surface area (Å²) in [5.41, 5.74) is 8.89. The molecular weight excluding hydrogens is 479 g/mol. The van der Waals surface area contributed by atoms with Crippen molar-refractivity contribution in [3.05, 3.63) is 46.5 Å². The number of nitriles is 1. The van der Waals surface area contributed by atoms with E-state index in [9.17, 15) is 32.8 Å². The highest BCUT2D eigenvalue weighted by atomic mass is 19.4. The van der Waals surface area contributed by atoms with E-state index in [0.29, 0.717) is 11.6 Å². The molecule has 1 aliphatic rings.